The van der Waals surface area contributed by atoms with Gasteiger partial charge in [-0.15, -0.1) is 0 Å². The molecule has 0 unspecified atom stereocenters. The van der Waals surface area contributed by atoms with Crippen LogP contribution in [0.1, 0.15) is 247 Å². The van der Waals surface area contributed by atoms with E-state index >= 15 is 0 Å². The Morgan fingerprint density at radius 2 is 1.13 bits per heavy atom. The van der Waals surface area contributed by atoms with Gasteiger partial charge in [0.1, 0.15) is 6.61 Å². The fourth-order valence-electron chi connectivity index (χ4n) is 8.07. The SMILES string of the molecule is CC(C)=CCC[C@@](C)(O)[C@@H]1C/C=C(/C)CC/C=C(\COC(=O)CCCCCCCCCCCCCCCCCCCCCCCCCO)CC/C=C(\C)CC1. The van der Waals surface area contributed by atoms with E-state index in [1.165, 1.54) is 151 Å². The number of hydrogen-bond acceptors (Lipinski definition) is 4. The molecule has 0 saturated heterocycles. The number of allylic oxidation sites excluding steroid dienone is 7. The van der Waals surface area contributed by atoms with Crippen LogP contribution in [0.3, 0.4) is 0 Å². The molecule has 0 saturated carbocycles. The van der Waals surface area contributed by atoms with Crippen molar-refractivity contribution in [3.63, 3.8) is 0 Å². The van der Waals surface area contributed by atoms with Crippen LogP contribution in [0.5, 0.6) is 0 Å². The van der Waals surface area contributed by atoms with Gasteiger partial charge in [0.25, 0.3) is 0 Å². The van der Waals surface area contributed by atoms with Crippen LogP contribution in [0.15, 0.2) is 46.6 Å². The molecule has 0 amide bonds. The molecule has 0 aromatic rings. The highest BCUT2D eigenvalue weighted by Crippen LogP contribution is 2.32. The Kier molecular flexibility index (Phi) is 33.2. The summed E-state index contributed by atoms with van der Waals surface area (Å²) < 4.78 is 5.78. The lowest BCUT2D eigenvalue weighted by Gasteiger charge is -2.33. The number of carbonyl (C=O) groups is 1. The maximum atomic E-state index is 12.6. The molecule has 0 spiro atoms. The molecular formula is C51H92O4. The summed E-state index contributed by atoms with van der Waals surface area (Å²) in [4.78, 5) is 12.6. The van der Waals surface area contributed by atoms with Crippen LogP contribution in [-0.2, 0) is 9.53 Å². The van der Waals surface area contributed by atoms with Crippen LogP contribution in [0.25, 0.3) is 0 Å². The van der Waals surface area contributed by atoms with Crippen molar-refractivity contribution >= 4 is 5.97 Å². The van der Waals surface area contributed by atoms with Crippen LogP contribution < -0.4 is 0 Å². The Hall–Kier alpha value is -1.65. The summed E-state index contributed by atoms with van der Waals surface area (Å²) in [5, 5.41) is 20.3. The highest BCUT2D eigenvalue weighted by molar-refractivity contribution is 5.69. The van der Waals surface area contributed by atoms with Crippen molar-refractivity contribution in [3.05, 3.63) is 46.6 Å². The van der Waals surface area contributed by atoms with Crippen molar-refractivity contribution in [2.45, 2.75) is 252 Å². The van der Waals surface area contributed by atoms with E-state index in [1.54, 1.807) is 0 Å². The van der Waals surface area contributed by atoms with Gasteiger partial charge in [0.05, 0.1) is 5.60 Å². The minimum atomic E-state index is -0.668. The number of aliphatic hydroxyl groups is 2. The molecule has 1 rings (SSSR count). The third kappa shape index (κ3) is 32.0. The van der Waals surface area contributed by atoms with E-state index in [2.05, 4.69) is 52.0 Å². The Labute approximate surface area is 342 Å². The molecule has 2 atom stereocenters. The molecule has 0 bridgehead atoms. The zero-order valence-electron chi connectivity index (χ0n) is 37.3. The number of rotatable bonds is 31. The molecular weight excluding hydrogens is 677 g/mol. The number of ether oxygens (including phenoxy) is 1. The lowest BCUT2D eigenvalue weighted by Crippen LogP contribution is -2.34. The van der Waals surface area contributed by atoms with E-state index in [4.69, 9.17) is 9.84 Å². The van der Waals surface area contributed by atoms with Gasteiger partial charge in [0.15, 0.2) is 0 Å². The predicted octanol–water partition coefficient (Wildman–Crippen LogP) is 15.6. The van der Waals surface area contributed by atoms with Crippen molar-refractivity contribution in [2.24, 2.45) is 5.92 Å². The molecule has 0 radical (unpaired) electrons. The molecule has 1 aliphatic carbocycles. The lowest BCUT2D eigenvalue weighted by molar-refractivity contribution is -0.142. The van der Waals surface area contributed by atoms with Crippen molar-refractivity contribution in [1.29, 1.82) is 0 Å². The van der Waals surface area contributed by atoms with Crippen molar-refractivity contribution in [2.75, 3.05) is 13.2 Å². The second kappa shape index (κ2) is 35.5. The highest BCUT2D eigenvalue weighted by Gasteiger charge is 2.30. The molecule has 0 heterocycles. The first-order valence-corrected chi connectivity index (χ1v) is 23.8. The van der Waals surface area contributed by atoms with E-state index in [9.17, 15) is 9.90 Å². The summed E-state index contributed by atoms with van der Waals surface area (Å²) in [6, 6.07) is 0. The van der Waals surface area contributed by atoms with E-state index in [0.29, 0.717) is 19.6 Å². The topological polar surface area (TPSA) is 66.8 Å². The Balaban J connectivity index is 2.12. The van der Waals surface area contributed by atoms with Gasteiger partial charge in [0, 0.05) is 13.0 Å². The zero-order valence-corrected chi connectivity index (χ0v) is 37.3. The van der Waals surface area contributed by atoms with E-state index in [-0.39, 0.29) is 11.9 Å². The first-order chi connectivity index (χ1) is 26.6. The van der Waals surface area contributed by atoms with Gasteiger partial charge >= 0.3 is 5.97 Å². The molecule has 4 nitrogen and oxygen atoms in total. The van der Waals surface area contributed by atoms with Gasteiger partial charge in [0.2, 0.25) is 0 Å². The minimum absolute atomic E-state index is 0.0429. The number of unbranched alkanes of at least 4 members (excludes halogenated alkanes) is 22. The molecule has 320 valence electrons. The summed E-state index contributed by atoms with van der Waals surface area (Å²) in [7, 11) is 0. The smallest absolute Gasteiger partial charge is 0.306 e. The summed E-state index contributed by atoms with van der Waals surface area (Å²) in [6.45, 7) is 11.5. The summed E-state index contributed by atoms with van der Waals surface area (Å²) in [5.74, 6) is 0.212. The normalized spacial score (nSPS) is 19.9. The second-order valence-electron chi connectivity index (χ2n) is 18.0. The first-order valence-electron chi connectivity index (χ1n) is 23.8. The average molecular weight is 769 g/mol. The third-order valence-electron chi connectivity index (χ3n) is 12.1. The standard InChI is InChI=1S/C51H92O4/c1-45(2)32-31-42-51(5,54)49-40-38-46(3)33-29-35-48(36-30-34-47(4)39-41-49)44-55-50(53)37-27-25-23-21-19-17-15-13-11-9-7-6-8-10-12-14-16-18-20-22-24-26-28-43-52/h32-33,36,39,49,52,54H,6-31,34-35,37-38,40-44H2,1-5H3/b46-33+,47-39-,48-36-/t49-,51+/m0/s1. The number of hydrogen-bond donors (Lipinski definition) is 2. The monoisotopic (exact) mass is 769 g/mol. The van der Waals surface area contributed by atoms with Crippen LogP contribution >= 0.6 is 0 Å². The van der Waals surface area contributed by atoms with Crippen molar-refractivity contribution in [3.8, 4) is 0 Å². The fourth-order valence-corrected chi connectivity index (χ4v) is 8.07. The van der Waals surface area contributed by atoms with Crippen LogP contribution in [0, 0.1) is 5.92 Å². The molecule has 0 fully saturated rings. The third-order valence-corrected chi connectivity index (χ3v) is 12.1. The van der Waals surface area contributed by atoms with Crippen LogP contribution in [0.4, 0.5) is 0 Å². The number of esters is 1. The molecule has 0 aromatic heterocycles. The van der Waals surface area contributed by atoms with Gasteiger partial charge in [-0.3, -0.25) is 4.79 Å². The van der Waals surface area contributed by atoms with Crippen molar-refractivity contribution < 1.29 is 19.7 Å². The Morgan fingerprint density at radius 1 is 0.673 bits per heavy atom. The zero-order chi connectivity index (χ0) is 40.2. The minimum Gasteiger partial charge on any atom is -0.461 e. The maximum Gasteiger partial charge on any atom is 0.306 e. The predicted molar refractivity (Wildman–Crippen MR) is 240 cm³/mol. The summed E-state index contributed by atoms with van der Waals surface area (Å²) in [5.41, 5.74) is 4.67. The highest BCUT2D eigenvalue weighted by atomic mass is 16.5. The summed E-state index contributed by atoms with van der Waals surface area (Å²) >= 11 is 0. The Morgan fingerprint density at radius 3 is 1.62 bits per heavy atom. The van der Waals surface area contributed by atoms with Gasteiger partial charge in [-0.05, 0) is 117 Å². The van der Waals surface area contributed by atoms with Gasteiger partial charge < -0.3 is 14.9 Å². The van der Waals surface area contributed by atoms with Gasteiger partial charge in [-0.25, -0.2) is 0 Å². The van der Waals surface area contributed by atoms with E-state index in [1.807, 2.05) is 6.92 Å². The summed E-state index contributed by atoms with van der Waals surface area (Å²) in [6.07, 6.45) is 48.9. The van der Waals surface area contributed by atoms with Crippen LogP contribution in [0.2, 0.25) is 0 Å². The fraction of sp³-hybridized carbons (Fsp3) is 0.824. The number of carbonyl (C=O) groups excluding carboxylic acids is 1. The molecule has 1 aliphatic rings. The average Bonchev–Trinajstić information content (AvgIpc) is 3.14. The molecule has 55 heavy (non-hydrogen) atoms. The van der Waals surface area contributed by atoms with Gasteiger partial charge in [-0.1, -0.05) is 176 Å². The largest absolute Gasteiger partial charge is 0.461 e. The van der Waals surface area contributed by atoms with E-state index < -0.39 is 5.60 Å². The molecule has 4 heteroatoms. The lowest BCUT2D eigenvalue weighted by atomic mass is 9.79. The maximum absolute atomic E-state index is 12.6. The van der Waals surface area contributed by atoms with Crippen LogP contribution in [-0.4, -0.2) is 35.0 Å². The quantitative estimate of drug-likeness (QED) is 0.0419. The Bertz CT molecular complexity index is 1040. The molecule has 2 N–H and O–H groups in total. The molecule has 0 aromatic carbocycles. The van der Waals surface area contributed by atoms with Crippen molar-refractivity contribution in [1.82, 2.24) is 0 Å². The van der Waals surface area contributed by atoms with E-state index in [0.717, 1.165) is 77.0 Å². The molecule has 0 aliphatic heterocycles. The number of aliphatic hydroxyl groups excluding tert-OH is 1. The van der Waals surface area contributed by atoms with Gasteiger partial charge in [-0.2, -0.15) is 0 Å². The first kappa shape index (κ1) is 51.4. The second-order valence-corrected chi connectivity index (χ2v) is 18.0.